The minimum Gasteiger partial charge on any atom is -0.351 e. The van der Waals surface area contributed by atoms with E-state index in [2.05, 4.69) is 5.32 Å². The quantitative estimate of drug-likeness (QED) is 0.910. The second kappa shape index (κ2) is 5.58. The Kier molecular flexibility index (Phi) is 3.75. The first-order chi connectivity index (χ1) is 11.3. The van der Waals surface area contributed by atoms with Crippen LogP contribution in [0.25, 0.3) is 0 Å². The van der Waals surface area contributed by atoms with Gasteiger partial charge in [0.25, 0.3) is 5.91 Å². The lowest BCUT2D eigenvalue weighted by molar-refractivity contribution is -0.0503. The van der Waals surface area contributed by atoms with Crippen LogP contribution in [0.3, 0.4) is 0 Å². The largest absolute Gasteiger partial charge is 0.351 e. The monoisotopic (exact) mass is 347 g/mol. The van der Waals surface area contributed by atoms with E-state index in [9.17, 15) is 13.2 Å². The first kappa shape index (κ1) is 16.1. The number of sulfone groups is 1. The van der Waals surface area contributed by atoms with Crippen molar-refractivity contribution in [1.82, 2.24) is 5.32 Å². The lowest BCUT2D eigenvalue weighted by Crippen LogP contribution is -2.51. The number of rotatable bonds is 4. The van der Waals surface area contributed by atoms with Crippen molar-refractivity contribution in [2.45, 2.75) is 43.4 Å². The summed E-state index contributed by atoms with van der Waals surface area (Å²) in [4.78, 5) is 12.7. The van der Waals surface area contributed by atoms with Crippen LogP contribution < -0.4 is 5.32 Å². The van der Waals surface area contributed by atoms with Gasteiger partial charge in [0, 0.05) is 18.4 Å². The summed E-state index contributed by atoms with van der Waals surface area (Å²) >= 11 is 0. The topological polar surface area (TPSA) is 63.2 Å². The van der Waals surface area contributed by atoms with Crippen molar-refractivity contribution in [2.24, 2.45) is 23.2 Å². The van der Waals surface area contributed by atoms with Crippen LogP contribution in [0.15, 0.2) is 29.2 Å². The molecule has 4 nitrogen and oxygen atoms in total. The minimum absolute atomic E-state index is 0.156. The van der Waals surface area contributed by atoms with E-state index in [1.54, 1.807) is 12.1 Å². The molecular formula is C19H25NO3S. The summed E-state index contributed by atoms with van der Waals surface area (Å²) in [5.41, 5.74) is 0.724. The maximum absolute atomic E-state index is 12.5. The molecule has 0 radical (unpaired) electrons. The van der Waals surface area contributed by atoms with Crippen LogP contribution in [-0.2, 0) is 9.84 Å². The van der Waals surface area contributed by atoms with Gasteiger partial charge in [0.2, 0.25) is 0 Å². The van der Waals surface area contributed by atoms with Crippen molar-refractivity contribution < 1.29 is 13.2 Å². The first-order valence-corrected chi connectivity index (χ1v) is 10.8. The van der Waals surface area contributed by atoms with Gasteiger partial charge in [0.05, 0.1) is 4.90 Å². The van der Waals surface area contributed by atoms with Gasteiger partial charge < -0.3 is 5.32 Å². The standard InChI is InChI=1S/C19H25NO3S/c1-24(22,23)17-4-2-3-16(8-17)18(21)20-12-19-9-13-5-14(10-19)7-15(6-13)11-19/h2-4,8,13-15H,5-7,9-12H2,1H3,(H,20,21). The van der Waals surface area contributed by atoms with Crippen molar-refractivity contribution in [3.63, 3.8) is 0 Å². The number of carbonyl (C=O) groups is 1. The SMILES string of the molecule is CS(=O)(=O)c1cccc(C(=O)NCC23CC4CC(CC(C4)C2)C3)c1. The normalized spacial score (nSPS) is 34.3. The van der Waals surface area contributed by atoms with Crippen molar-refractivity contribution in [2.75, 3.05) is 12.8 Å². The molecule has 130 valence electrons. The highest BCUT2D eigenvalue weighted by Gasteiger charge is 2.50. The van der Waals surface area contributed by atoms with E-state index in [0.29, 0.717) is 11.0 Å². The summed E-state index contributed by atoms with van der Waals surface area (Å²) in [7, 11) is -3.29. The van der Waals surface area contributed by atoms with Gasteiger partial charge in [-0.2, -0.15) is 0 Å². The van der Waals surface area contributed by atoms with Crippen molar-refractivity contribution in [3.8, 4) is 0 Å². The fourth-order valence-corrected chi connectivity index (χ4v) is 6.41. The van der Waals surface area contributed by atoms with Crippen molar-refractivity contribution >= 4 is 15.7 Å². The molecule has 1 aromatic carbocycles. The van der Waals surface area contributed by atoms with Gasteiger partial charge in [-0.15, -0.1) is 0 Å². The number of carbonyl (C=O) groups excluding carboxylic acids is 1. The Balaban J connectivity index is 1.46. The van der Waals surface area contributed by atoms with Crippen LogP contribution >= 0.6 is 0 Å². The van der Waals surface area contributed by atoms with E-state index in [0.717, 1.165) is 24.3 Å². The molecule has 24 heavy (non-hydrogen) atoms. The summed E-state index contributed by atoms with van der Waals surface area (Å²) in [6, 6.07) is 6.33. The molecule has 4 saturated carbocycles. The fraction of sp³-hybridized carbons (Fsp3) is 0.632. The molecule has 1 amide bonds. The van der Waals surface area contributed by atoms with Crippen molar-refractivity contribution in [3.05, 3.63) is 29.8 Å². The Bertz CT molecular complexity index is 733. The molecular weight excluding hydrogens is 322 g/mol. The molecule has 0 spiro atoms. The molecule has 4 aliphatic rings. The molecule has 0 heterocycles. The van der Waals surface area contributed by atoms with E-state index in [-0.39, 0.29) is 10.8 Å². The number of hydrogen-bond donors (Lipinski definition) is 1. The van der Waals surface area contributed by atoms with Crippen LogP contribution in [0.4, 0.5) is 0 Å². The second-order valence-corrected chi connectivity index (χ2v) is 10.4. The Morgan fingerprint density at radius 3 is 2.25 bits per heavy atom. The molecule has 4 bridgehead atoms. The van der Waals surface area contributed by atoms with Gasteiger partial charge in [-0.3, -0.25) is 4.79 Å². The lowest BCUT2D eigenvalue weighted by atomic mass is 9.49. The van der Waals surface area contributed by atoms with Crippen LogP contribution in [0, 0.1) is 23.2 Å². The van der Waals surface area contributed by atoms with E-state index < -0.39 is 9.84 Å². The maximum Gasteiger partial charge on any atom is 0.251 e. The Morgan fingerprint density at radius 1 is 1.12 bits per heavy atom. The van der Waals surface area contributed by atoms with Gasteiger partial charge >= 0.3 is 0 Å². The van der Waals surface area contributed by atoms with E-state index in [1.807, 2.05) is 0 Å². The third-order valence-corrected chi connectivity index (χ3v) is 7.42. The molecule has 0 aliphatic heterocycles. The highest BCUT2D eigenvalue weighted by atomic mass is 32.2. The zero-order valence-electron chi connectivity index (χ0n) is 14.1. The van der Waals surface area contributed by atoms with E-state index in [1.165, 1.54) is 56.9 Å². The van der Waals surface area contributed by atoms with Crippen molar-refractivity contribution in [1.29, 1.82) is 0 Å². The zero-order chi connectivity index (χ0) is 16.9. The summed E-state index contributed by atoms with van der Waals surface area (Å²) in [5, 5.41) is 3.10. The smallest absolute Gasteiger partial charge is 0.251 e. The number of hydrogen-bond acceptors (Lipinski definition) is 3. The predicted molar refractivity (Wildman–Crippen MR) is 92.5 cm³/mol. The van der Waals surface area contributed by atoms with Gasteiger partial charge in [0.15, 0.2) is 9.84 Å². The Labute approximate surface area is 143 Å². The highest BCUT2D eigenvalue weighted by Crippen LogP contribution is 2.59. The highest BCUT2D eigenvalue weighted by molar-refractivity contribution is 7.90. The molecule has 1 N–H and O–H groups in total. The second-order valence-electron chi connectivity index (χ2n) is 8.40. The van der Waals surface area contributed by atoms with Gasteiger partial charge in [-0.25, -0.2) is 8.42 Å². The molecule has 4 fully saturated rings. The average molecular weight is 347 g/mol. The average Bonchev–Trinajstić information content (AvgIpc) is 2.51. The van der Waals surface area contributed by atoms with Gasteiger partial charge in [-0.1, -0.05) is 6.07 Å². The third kappa shape index (κ3) is 2.99. The Hall–Kier alpha value is -1.36. The van der Waals surface area contributed by atoms with Crippen LogP contribution in [-0.4, -0.2) is 27.1 Å². The minimum atomic E-state index is -3.29. The summed E-state index contributed by atoms with van der Waals surface area (Å²) in [6.45, 7) is 0.735. The third-order valence-electron chi connectivity index (χ3n) is 6.31. The summed E-state index contributed by atoms with van der Waals surface area (Å²) < 4.78 is 23.3. The number of amides is 1. The van der Waals surface area contributed by atoms with Crippen LogP contribution in [0.1, 0.15) is 48.9 Å². The number of nitrogens with one attached hydrogen (secondary N) is 1. The molecule has 5 rings (SSSR count). The molecule has 0 saturated heterocycles. The van der Waals surface area contributed by atoms with Crippen LogP contribution in [0.2, 0.25) is 0 Å². The van der Waals surface area contributed by atoms with Gasteiger partial charge in [0.1, 0.15) is 0 Å². The van der Waals surface area contributed by atoms with E-state index in [4.69, 9.17) is 0 Å². The summed E-state index contributed by atoms with van der Waals surface area (Å²) in [5.74, 6) is 2.43. The van der Waals surface area contributed by atoms with Gasteiger partial charge in [-0.05, 0) is 79.9 Å². The molecule has 0 aromatic heterocycles. The number of benzene rings is 1. The lowest BCUT2D eigenvalue weighted by Gasteiger charge is -2.56. The zero-order valence-corrected chi connectivity index (χ0v) is 14.9. The molecule has 5 heteroatoms. The summed E-state index contributed by atoms with van der Waals surface area (Å²) in [6.07, 6.45) is 9.10. The molecule has 1 aromatic rings. The van der Waals surface area contributed by atoms with E-state index >= 15 is 0 Å². The van der Waals surface area contributed by atoms with Crippen LogP contribution in [0.5, 0.6) is 0 Å². The maximum atomic E-state index is 12.5. The fourth-order valence-electron chi connectivity index (χ4n) is 5.74. The molecule has 0 atom stereocenters. The first-order valence-electron chi connectivity index (χ1n) is 8.91. The predicted octanol–water partition coefficient (Wildman–Crippen LogP) is 3.04. The molecule has 0 unspecified atom stereocenters. The Morgan fingerprint density at radius 2 is 1.71 bits per heavy atom. The molecule has 4 aliphatic carbocycles.